The van der Waals surface area contributed by atoms with Crippen LogP contribution in [0.4, 0.5) is 13.2 Å². The second-order valence-corrected chi connectivity index (χ2v) is 5.46. The van der Waals surface area contributed by atoms with Crippen molar-refractivity contribution in [3.63, 3.8) is 0 Å². The van der Waals surface area contributed by atoms with E-state index in [2.05, 4.69) is 0 Å². The highest BCUT2D eigenvalue weighted by molar-refractivity contribution is 5.85. The molecule has 22 heavy (non-hydrogen) atoms. The Hall–Kier alpha value is -1.27. The molecule has 124 valence electrons. The smallest absolute Gasteiger partial charge is 0.341 e. The molecule has 1 unspecified atom stereocenters. The van der Waals surface area contributed by atoms with Crippen LogP contribution >= 0.6 is 12.4 Å². The van der Waals surface area contributed by atoms with Gasteiger partial charge < -0.3 is 10.6 Å². The zero-order valence-electron chi connectivity index (χ0n) is 12.1. The predicted molar refractivity (Wildman–Crippen MR) is 80.7 cm³/mol. The summed E-state index contributed by atoms with van der Waals surface area (Å²) in [4.78, 5) is 13.5. The van der Waals surface area contributed by atoms with E-state index < -0.39 is 24.0 Å². The monoisotopic (exact) mass is 336 g/mol. The molecule has 0 spiro atoms. The van der Waals surface area contributed by atoms with Gasteiger partial charge in [-0.2, -0.15) is 13.2 Å². The third-order valence-corrected chi connectivity index (χ3v) is 3.81. The molecule has 1 aromatic carbocycles. The fourth-order valence-corrected chi connectivity index (χ4v) is 2.63. The van der Waals surface area contributed by atoms with Crippen LogP contribution in [0.3, 0.4) is 0 Å². The lowest BCUT2D eigenvalue weighted by Gasteiger charge is -2.35. The number of likely N-dealkylation sites (tertiary alicyclic amines) is 1. The predicted octanol–water partition coefficient (Wildman–Crippen LogP) is 2.78. The third-order valence-electron chi connectivity index (χ3n) is 3.81. The van der Waals surface area contributed by atoms with Crippen molar-refractivity contribution in [2.24, 2.45) is 11.7 Å². The first-order valence-electron chi connectivity index (χ1n) is 7.03. The zero-order valence-corrected chi connectivity index (χ0v) is 12.9. The summed E-state index contributed by atoms with van der Waals surface area (Å²) < 4.78 is 38.3. The Labute approximate surface area is 134 Å². The number of alkyl halides is 3. The number of amides is 1. The zero-order chi connectivity index (χ0) is 15.5. The standard InChI is InChI=1S/C15H19F3N2O.ClH/c16-15(17,18)12-7-4-8-20(10-12)14(21)13(19)9-11-5-2-1-3-6-11;/h1-3,5-6,12-13H,4,7-10,19H2;1H/t12?,13-;/m0./s1. The molecule has 0 saturated carbocycles. The first-order chi connectivity index (χ1) is 9.88. The molecule has 0 aliphatic carbocycles. The maximum absolute atomic E-state index is 12.8. The van der Waals surface area contributed by atoms with Gasteiger partial charge in [-0.05, 0) is 24.8 Å². The second kappa shape index (κ2) is 7.83. The number of carbonyl (C=O) groups excluding carboxylic acids is 1. The number of nitrogens with two attached hydrogens (primary N) is 1. The van der Waals surface area contributed by atoms with Gasteiger partial charge in [-0.15, -0.1) is 12.4 Å². The highest BCUT2D eigenvalue weighted by atomic mass is 35.5. The fraction of sp³-hybridized carbons (Fsp3) is 0.533. The molecule has 1 fully saturated rings. The van der Waals surface area contributed by atoms with E-state index in [1.807, 2.05) is 30.3 Å². The Morgan fingerprint density at radius 1 is 1.32 bits per heavy atom. The fourth-order valence-electron chi connectivity index (χ4n) is 2.63. The van der Waals surface area contributed by atoms with Crippen molar-refractivity contribution in [3.8, 4) is 0 Å². The van der Waals surface area contributed by atoms with Crippen molar-refractivity contribution in [2.45, 2.75) is 31.5 Å². The molecule has 0 bridgehead atoms. The van der Waals surface area contributed by atoms with Crippen molar-refractivity contribution >= 4 is 18.3 Å². The largest absolute Gasteiger partial charge is 0.393 e. The van der Waals surface area contributed by atoms with Crippen LogP contribution in [0.5, 0.6) is 0 Å². The summed E-state index contributed by atoms with van der Waals surface area (Å²) in [6.45, 7) is 0.0821. The Kier molecular flexibility index (Phi) is 6.68. The number of carbonyl (C=O) groups is 1. The molecular weight excluding hydrogens is 317 g/mol. The Morgan fingerprint density at radius 3 is 2.55 bits per heavy atom. The van der Waals surface area contributed by atoms with Gasteiger partial charge in [-0.3, -0.25) is 4.79 Å². The van der Waals surface area contributed by atoms with Crippen LogP contribution in [-0.4, -0.2) is 36.1 Å². The van der Waals surface area contributed by atoms with E-state index in [4.69, 9.17) is 5.73 Å². The summed E-state index contributed by atoms with van der Waals surface area (Å²) in [5, 5.41) is 0. The van der Waals surface area contributed by atoms with E-state index in [-0.39, 0.29) is 25.4 Å². The van der Waals surface area contributed by atoms with Gasteiger partial charge in [0.2, 0.25) is 5.91 Å². The van der Waals surface area contributed by atoms with Crippen LogP contribution in [0.25, 0.3) is 0 Å². The number of nitrogens with zero attached hydrogens (tertiary/aromatic N) is 1. The first kappa shape index (κ1) is 18.8. The van der Waals surface area contributed by atoms with Crippen molar-refractivity contribution in [1.82, 2.24) is 4.90 Å². The first-order valence-corrected chi connectivity index (χ1v) is 7.03. The summed E-state index contributed by atoms with van der Waals surface area (Å²) in [5.74, 6) is -1.83. The minimum Gasteiger partial charge on any atom is -0.341 e. The molecule has 1 saturated heterocycles. The maximum atomic E-state index is 12.8. The van der Waals surface area contributed by atoms with Crippen LogP contribution in [-0.2, 0) is 11.2 Å². The molecule has 0 aromatic heterocycles. The number of piperidine rings is 1. The van der Waals surface area contributed by atoms with E-state index in [0.717, 1.165) is 5.56 Å². The normalized spacial score (nSPS) is 20.2. The molecule has 1 aliphatic heterocycles. The molecule has 2 atom stereocenters. The van der Waals surface area contributed by atoms with Crippen LogP contribution in [0.1, 0.15) is 18.4 Å². The lowest BCUT2D eigenvalue weighted by Crippen LogP contribution is -2.51. The number of hydrogen-bond donors (Lipinski definition) is 1. The Bertz CT molecular complexity index is 481. The molecule has 1 aromatic rings. The lowest BCUT2D eigenvalue weighted by molar-refractivity contribution is -0.188. The molecule has 3 nitrogen and oxygen atoms in total. The summed E-state index contributed by atoms with van der Waals surface area (Å²) in [7, 11) is 0. The molecule has 2 rings (SSSR count). The molecule has 1 aliphatic rings. The number of rotatable bonds is 3. The average Bonchev–Trinajstić information content (AvgIpc) is 2.46. The highest BCUT2D eigenvalue weighted by Crippen LogP contribution is 2.33. The maximum Gasteiger partial charge on any atom is 0.393 e. The number of benzene rings is 1. The highest BCUT2D eigenvalue weighted by Gasteiger charge is 2.43. The van der Waals surface area contributed by atoms with Gasteiger partial charge in [0.1, 0.15) is 0 Å². The Balaban J connectivity index is 0.00000242. The van der Waals surface area contributed by atoms with Gasteiger partial charge in [-0.1, -0.05) is 30.3 Å². The quantitative estimate of drug-likeness (QED) is 0.922. The van der Waals surface area contributed by atoms with Gasteiger partial charge in [0, 0.05) is 13.1 Å². The van der Waals surface area contributed by atoms with Crippen LogP contribution in [0, 0.1) is 5.92 Å². The van der Waals surface area contributed by atoms with E-state index >= 15 is 0 Å². The second-order valence-electron chi connectivity index (χ2n) is 5.46. The van der Waals surface area contributed by atoms with Crippen LogP contribution in [0.2, 0.25) is 0 Å². The molecule has 1 amide bonds. The van der Waals surface area contributed by atoms with Crippen molar-refractivity contribution < 1.29 is 18.0 Å². The molecule has 1 heterocycles. The van der Waals surface area contributed by atoms with Crippen molar-refractivity contribution in [2.75, 3.05) is 13.1 Å². The average molecular weight is 337 g/mol. The number of hydrogen-bond acceptors (Lipinski definition) is 2. The van der Waals surface area contributed by atoms with Gasteiger partial charge in [0.15, 0.2) is 0 Å². The van der Waals surface area contributed by atoms with E-state index in [1.165, 1.54) is 4.90 Å². The van der Waals surface area contributed by atoms with Crippen LogP contribution < -0.4 is 5.73 Å². The molecule has 2 N–H and O–H groups in total. The van der Waals surface area contributed by atoms with Gasteiger partial charge in [0.25, 0.3) is 0 Å². The lowest BCUT2D eigenvalue weighted by atomic mass is 9.96. The summed E-state index contributed by atoms with van der Waals surface area (Å²) in [6.07, 6.45) is -3.45. The van der Waals surface area contributed by atoms with Gasteiger partial charge >= 0.3 is 6.18 Å². The number of halogens is 4. The third kappa shape index (κ3) is 4.88. The van der Waals surface area contributed by atoms with Gasteiger partial charge in [0.05, 0.1) is 12.0 Å². The Morgan fingerprint density at radius 2 is 1.95 bits per heavy atom. The summed E-state index contributed by atoms with van der Waals surface area (Å²) in [6, 6.07) is 8.44. The van der Waals surface area contributed by atoms with E-state index in [0.29, 0.717) is 19.4 Å². The molecule has 7 heteroatoms. The topological polar surface area (TPSA) is 46.3 Å². The van der Waals surface area contributed by atoms with Crippen molar-refractivity contribution in [1.29, 1.82) is 0 Å². The molecule has 0 radical (unpaired) electrons. The minimum atomic E-state index is -4.25. The SMILES string of the molecule is Cl.N[C@@H](Cc1ccccc1)C(=O)N1CCCC(C(F)(F)F)C1. The van der Waals surface area contributed by atoms with Gasteiger partial charge in [-0.25, -0.2) is 0 Å². The van der Waals surface area contributed by atoms with Crippen molar-refractivity contribution in [3.05, 3.63) is 35.9 Å². The minimum absolute atomic E-state index is 0. The molecular formula is C15H20ClF3N2O. The van der Waals surface area contributed by atoms with Crippen LogP contribution in [0.15, 0.2) is 30.3 Å². The summed E-state index contributed by atoms with van der Waals surface area (Å²) in [5.41, 5.74) is 6.77. The van der Waals surface area contributed by atoms with E-state index in [9.17, 15) is 18.0 Å². The van der Waals surface area contributed by atoms with E-state index in [1.54, 1.807) is 0 Å². The summed E-state index contributed by atoms with van der Waals surface area (Å²) >= 11 is 0.